The highest BCUT2D eigenvalue weighted by Crippen LogP contribution is 2.25. The molecule has 0 unspecified atom stereocenters. The molecule has 0 spiro atoms. The van der Waals surface area contributed by atoms with Crippen molar-refractivity contribution in [3.05, 3.63) is 76.7 Å². The Morgan fingerprint density at radius 3 is 2.62 bits per heavy atom. The highest BCUT2D eigenvalue weighted by molar-refractivity contribution is 5.71. The molecule has 0 aliphatic rings. The quantitative estimate of drug-likeness (QED) is 0.364. The predicted octanol–water partition coefficient (Wildman–Crippen LogP) is 3.37. The van der Waals surface area contributed by atoms with Crippen LogP contribution in [0.15, 0.2) is 65.3 Å². The predicted molar refractivity (Wildman–Crippen MR) is 90.3 cm³/mol. The summed E-state index contributed by atoms with van der Waals surface area (Å²) < 4.78 is 15.6. The van der Waals surface area contributed by atoms with E-state index >= 15 is 0 Å². The van der Waals surface area contributed by atoms with E-state index in [1.165, 1.54) is 24.5 Å². The Hall–Kier alpha value is -3.68. The van der Waals surface area contributed by atoms with Crippen LogP contribution in [-0.2, 0) is 16.1 Å². The highest BCUT2D eigenvalue weighted by atomic mass is 16.6. The fourth-order valence-corrected chi connectivity index (χ4v) is 2.15. The summed E-state index contributed by atoms with van der Waals surface area (Å²) in [5, 5.41) is 10.9. The van der Waals surface area contributed by atoms with Gasteiger partial charge < -0.3 is 13.9 Å². The molecule has 0 saturated carbocycles. The molecule has 2 aromatic carbocycles. The number of benzene rings is 2. The summed E-state index contributed by atoms with van der Waals surface area (Å²) in [6.07, 6.45) is 1.40. The second-order valence-corrected chi connectivity index (χ2v) is 5.18. The van der Waals surface area contributed by atoms with Crippen molar-refractivity contribution in [3.63, 3.8) is 0 Å². The Morgan fingerprint density at radius 2 is 1.85 bits per heavy atom. The zero-order chi connectivity index (χ0) is 18.4. The Labute approximate surface area is 148 Å². The Morgan fingerprint density at radius 1 is 1.12 bits per heavy atom. The molecule has 0 saturated heterocycles. The summed E-state index contributed by atoms with van der Waals surface area (Å²) in [5.74, 6) is -0.248. The number of esters is 1. The minimum absolute atomic E-state index is 0.00208. The fraction of sp³-hybridized carbons (Fsp3) is 0.111. The summed E-state index contributed by atoms with van der Waals surface area (Å²) in [6.45, 7) is -0.538. The number of aromatic nitrogens is 1. The maximum atomic E-state index is 11.8. The lowest BCUT2D eigenvalue weighted by atomic mass is 10.2. The lowest BCUT2D eigenvalue weighted by Crippen LogP contribution is -2.15. The molecule has 8 heteroatoms. The number of hydrogen-bond donors (Lipinski definition) is 0. The van der Waals surface area contributed by atoms with Crippen molar-refractivity contribution in [2.45, 2.75) is 6.61 Å². The highest BCUT2D eigenvalue weighted by Gasteiger charge is 2.16. The second-order valence-electron chi connectivity index (χ2n) is 5.18. The molecule has 0 aliphatic heterocycles. The van der Waals surface area contributed by atoms with Crippen LogP contribution in [-0.4, -0.2) is 22.5 Å². The monoisotopic (exact) mass is 354 g/mol. The average molecular weight is 354 g/mol. The Bertz CT molecular complexity index is 907. The van der Waals surface area contributed by atoms with Crippen molar-refractivity contribution in [1.29, 1.82) is 0 Å². The molecule has 132 valence electrons. The first-order valence-corrected chi connectivity index (χ1v) is 7.65. The molecule has 1 heterocycles. The van der Waals surface area contributed by atoms with Gasteiger partial charge in [0.15, 0.2) is 12.4 Å². The molecule has 1 aromatic heterocycles. The normalized spacial score (nSPS) is 10.3. The summed E-state index contributed by atoms with van der Waals surface area (Å²) in [7, 11) is 0. The van der Waals surface area contributed by atoms with Gasteiger partial charge in [0, 0.05) is 11.6 Å². The van der Waals surface area contributed by atoms with E-state index in [0.29, 0.717) is 11.6 Å². The van der Waals surface area contributed by atoms with Gasteiger partial charge in [-0.3, -0.25) is 10.1 Å². The Balaban J connectivity index is 1.52. The van der Waals surface area contributed by atoms with Crippen LogP contribution in [0, 0.1) is 10.1 Å². The maximum absolute atomic E-state index is 11.8. The van der Waals surface area contributed by atoms with E-state index in [2.05, 4.69) is 4.98 Å². The third-order valence-electron chi connectivity index (χ3n) is 3.36. The third-order valence-corrected chi connectivity index (χ3v) is 3.36. The van der Waals surface area contributed by atoms with Gasteiger partial charge in [0.25, 0.3) is 0 Å². The van der Waals surface area contributed by atoms with Gasteiger partial charge in [-0.05, 0) is 18.2 Å². The zero-order valence-corrected chi connectivity index (χ0v) is 13.5. The first kappa shape index (κ1) is 17.2. The van der Waals surface area contributed by atoms with Gasteiger partial charge in [0.1, 0.15) is 18.6 Å². The van der Waals surface area contributed by atoms with Gasteiger partial charge in [-0.2, -0.15) is 0 Å². The summed E-state index contributed by atoms with van der Waals surface area (Å²) in [5.41, 5.74) is 1.04. The van der Waals surface area contributed by atoms with Crippen LogP contribution in [0.25, 0.3) is 11.5 Å². The number of nitro groups is 1. The van der Waals surface area contributed by atoms with Gasteiger partial charge in [-0.25, -0.2) is 9.78 Å². The van der Waals surface area contributed by atoms with E-state index in [9.17, 15) is 14.9 Å². The SMILES string of the molecule is O=C(COc1ccccc1[N+](=O)[O-])OCc1coc(-c2ccccc2)n1. The second kappa shape index (κ2) is 7.93. The number of rotatable bonds is 7. The van der Waals surface area contributed by atoms with Crippen molar-refractivity contribution in [2.24, 2.45) is 0 Å². The largest absolute Gasteiger partial charge is 0.475 e. The van der Waals surface area contributed by atoms with E-state index < -0.39 is 17.5 Å². The molecule has 0 radical (unpaired) electrons. The third kappa shape index (κ3) is 4.23. The molecule has 3 aromatic rings. The number of ether oxygens (including phenoxy) is 2. The topological polar surface area (TPSA) is 105 Å². The van der Waals surface area contributed by atoms with E-state index in [0.717, 1.165) is 5.56 Å². The van der Waals surface area contributed by atoms with Crippen LogP contribution < -0.4 is 4.74 Å². The number of para-hydroxylation sites is 2. The number of oxazole rings is 1. The zero-order valence-electron chi connectivity index (χ0n) is 13.5. The number of carbonyl (C=O) groups is 1. The van der Waals surface area contributed by atoms with Gasteiger partial charge >= 0.3 is 11.7 Å². The summed E-state index contributed by atoms with van der Waals surface area (Å²) in [4.78, 5) is 26.3. The van der Waals surface area contributed by atoms with E-state index in [4.69, 9.17) is 13.9 Å². The number of nitrogens with zero attached hydrogens (tertiary/aromatic N) is 2. The fourth-order valence-electron chi connectivity index (χ4n) is 2.15. The molecule has 8 nitrogen and oxygen atoms in total. The van der Waals surface area contributed by atoms with Crippen molar-refractivity contribution in [3.8, 4) is 17.2 Å². The van der Waals surface area contributed by atoms with Crippen LogP contribution in [0.3, 0.4) is 0 Å². The lowest BCUT2D eigenvalue weighted by molar-refractivity contribution is -0.385. The molecule has 0 amide bonds. The smallest absolute Gasteiger partial charge is 0.344 e. The first-order chi connectivity index (χ1) is 12.6. The lowest BCUT2D eigenvalue weighted by Gasteiger charge is -2.06. The molecule has 0 bridgehead atoms. The number of nitro benzene ring substituents is 1. The standard InChI is InChI=1S/C18H14N2O6/c21-17(12-24-16-9-5-4-8-15(16)20(22)23)25-10-14-11-26-18(19-14)13-6-2-1-3-7-13/h1-9,11H,10,12H2. The van der Waals surface area contributed by atoms with Gasteiger partial charge in [0.2, 0.25) is 5.89 Å². The van der Waals surface area contributed by atoms with Crippen molar-refractivity contribution in [1.82, 2.24) is 4.98 Å². The first-order valence-electron chi connectivity index (χ1n) is 7.65. The number of carbonyl (C=O) groups excluding carboxylic acids is 1. The van der Waals surface area contributed by atoms with Gasteiger partial charge in [-0.15, -0.1) is 0 Å². The van der Waals surface area contributed by atoms with E-state index in [1.54, 1.807) is 6.07 Å². The van der Waals surface area contributed by atoms with Crippen LogP contribution in [0.4, 0.5) is 5.69 Å². The number of hydrogen-bond acceptors (Lipinski definition) is 7. The van der Waals surface area contributed by atoms with Crippen LogP contribution in [0.5, 0.6) is 5.75 Å². The average Bonchev–Trinajstić information content (AvgIpc) is 3.14. The van der Waals surface area contributed by atoms with Crippen LogP contribution in [0.1, 0.15) is 5.69 Å². The van der Waals surface area contributed by atoms with Crippen molar-refractivity contribution < 1.29 is 23.6 Å². The van der Waals surface area contributed by atoms with Gasteiger partial charge in [0.05, 0.1) is 4.92 Å². The van der Waals surface area contributed by atoms with Gasteiger partial charge in [-0.1, -0.05) is 30.3 Å². The Kier molecular flexibility index (Phi) is 5.23. The molecular weight excluding hydrogens is 340 g/mol. The molecule has 26 heavy (non-hydrogen) atoms. The molecule has 0 fully saturated rings. The maximum Gasteiger partial charge on any atom is 0.344 e. The van der Waals surface area contributed by atoms with Crippen molar-refractivity contribution >= 4 is 11.7 Å². The van der Waals surface area contributed by atoms with E-state index in [-0.39, 0.29) is 18.0 Å². The molecule has 0 N–H and O–H groups in total. The van der Waals surface area contributed by atoms with Crippen LogP contribution >= 0.6 is 0 Å². The molecular formula is C18H14N2O6. The minimum atomic E-state index is -0.674. The molecule has 0 atom stereocenters. The van der Waals surface area contributed by atoms with Crippen molar-refractivity contribution in [2.75, 3.05) is 6.61 Å². The molecule has 3 rings (SSSR count). The summed E-state index contributed by atoms with van der Waals surface area (Å²) in [6, 6.07) is 15.1. The van der Waals surface area contributed by atoms with Crippen LogP contribution in [0.2, 0.25) is 0 Å². The minimum Gasteiger partial charge on any atom is -0.475 e. The molecule has 0 aliphatic carbocycles. The van der Waals surface area contributed by atoms with E-state index in [1.807, 2.05) is 30.3 Å². The summed E-state index contributed by atoms with van der Waals surface area (Å²) >= 11 is 0.